The predicted molar refractivity (Wildman–Crippen MR) is 91.0 cm³/mol. The normalized spacial score (nSPS) is 14.2. The zero-order valence-corrected chi connectivity index (χ0v) is 14.4. The summed E-state index contributed by atoms with van der Waals surface area (Å²) in [5.41, 5.74) is 5.23. The average Bonchev–Trinajstić information content (AvgIpc) is 2.53. The summed E-state index contributed by atoms with van der Waals surface area (Å²) in [4.78, 5) is 0. The lowest BCUT2D eigenvalue weighted by Crippen LogP contribution is -2.40. The summed E-state index contributed by atoms with van der Waals surface area (Å²) < 4.78 is 43.7. The van der Waals surface area contributed by atoms with Crippen molar-refractivity contribution in [2.75, 3.05) is 6.61 Å². The highest BCUT2D eigenvalue weighted by Gasteiger charge is 2.30. The van der Waals surface area contributed by atoms with Crippen LogP contribution in [-0.2, 0) is 12.6 Å². The summed E-state index contributed by atoms with van der Waals surface area (Å²) in [5, 5.41) is 9.60. The van der Waals surface area contributed by atoms with Gasteiger partial charge in [0.25, 0.3) is 0 Å². The van der Waals surface area contributed by atoms with Gasteiger partial charge < -0.3 is 15.6 Å². The molecule has 0 unspecified atom stereocenters. The standard InChI is InChI=1S/C18H19ClF3NO2/c1-17(23,11-24)8-7-12-5-6-15(10-16(12)19)25-14-4-2-3-13(9-14)18(20,21)22/h2-6,9-10,24H,7-8,11,23H2,1H3/t17-/m1/s1. The van der Waals surface area contributed by atoms with Crippen LogP contribution in [0.25, 0.3) is 0 Å². The van der Waals surface area contributed by atoms with Crippen LogP contribution in [0, 0.1) is 0 Å². The number of aliphatic hydroxyl groups is 1. The van der Waals surface area contributed by atoms with Crippen molar-refractivity contribution in [3.05, 3.63) is 58.6 Å². The average molecular weight is 374 g/mol. The van der Waals surface area contributed by atoms with Crippen LogP contribution >= 0.6 is 11.6 Å². The van der Waals surface area contributed by atoms with Crippen LogP contribution in [0.3, 0.4) is 0 Å². The van der Waals surface area contributed by atoms with Gasteiger partial charge in [-0.2, -0.15) is 13.2 Å². The first-order valence-electron chi connectivity index (χ1n) is 7.64. The van der Waals surface area contributed by atoms with Crippen molar-refractivity contribution >= 4 is 11.6 Å². The zero-order chi connectivity index (χ0) is 18.7. The van der Waals surface area contributed by atoms with Gasteiger partial charge in [-0.1, -0.05) is 23.7 Å². The molecule has 0 spiro atoms. The number of benzene rings is 2. The third kappa shape index (κ3) is 5.63. The third-order valence-electron chi connectivity index (χ3n) is 3.75. The Kier molecular flexibility index (Phi) is 5.98. The number of nitrogens with two attached hydrogens (primary N) is 1. The molecule has 0 amide bonds. The summed E-state index contributed by atoms with van der Waals surface area (Å²) in [7, 11) is 0. The second kappa shape index (κ2) is 7.64. The van der Waals surface area contributed by atoms with E-state index in [0.717, 1.165) is 17.7 Å². The van der Waals surface area contributed by atoms with E-state index in [2.05, 4.69) is 0 Å². The molecule has 2 aromatic rings. The van der Waals surface area contributed by atoms with Crippen LogP contribution in [0.4, 0.5) is 13.2 Å². The van der Waals surface area contributed by atoms with Crippen molar-refractivity contribution in [3.63, 3.8) is 0 Å². The number of aryl methyl sites for hydroxylation is 1. The lowest BCUT2D eigenvalue weighted by atomic mass is 9.95. The van der Waals surface area contributed by atoms with E-state index in [1.807, 2.05) is 0 Å². The van der Waals surface area contributed by atoms with Crippen molar-refractivity contribution in [1.29, 1.82) is 0 Å². The van der Waals surface area contributed by atoms with Crippen molar-refractivity contribution in [1.82, 2.24) is 0 Å². The predicted octanol–water partition coefficient (Wildman–Crippen LogP) is 4.79. The van der Waals surface area contributed by atoms with E-state index in [4.69, 9.17) is 22.1 Å². The summed E-state index contributed by atoms with van der Waals surface area (Å²) in [6.45, 7) is 1.60. The first-order chi connectivity index (χ1) is 11.6. The van der Waals surface area contributed by atoms with Crippen LogP contribution < -0.4 is 10.5 Å². The second-order valence-electron chi connectivity index (χ2n) is 6.19. The van der Waals surface area contributed by atoms with Gasteiger partial charge in [-0.3, -0.25) is 0 Å². The second-order valence-corrected chi connectivity index (χ2v) is 6.60. The molecule has 0 fully saturated rings. The van der Waals surface area contributed by atoms with Gasteiger partial charge in [0.1, 0.15) is 11.5 Å². The Balaban J connectivity index is 2.11. The molecule has 0 aromatic heterocycles. The molecule has 0 saturated carbocycles. The quantitative estimate of drug-likeness (QED) is 0.765. The number of rotatable bonds is 6. The van der Waals surface area contributed by atoms with Gasteiger partial charge in [0.05, 0.1) is 12.2 Å². The number of aliphatic hydroxyl groups excluding tert-OH is 1. The molecule has 0 bridgehead atoms. The van der Waals surface area contributed by atoms with E-state index >= 15 is 0 Å². The van der Waals surface area contributed by atoms with Crippen molar-refractivity contribution < 1.29 is 23.0 Å². The lowest BCUT2D eigenvalue weighted by molar-refractivity contribution is -0.137. The van der Waals surface area contributed by atoms with Gasteiger partial charge in [0.15, 0.2) is 0 Å². The van der Waals surface area contributed by atoms with Gasteiger partial charge in [0.2, 0.25) is 0 Å². The molecule has 0 aliphatic rings. The Morgan fingerprint density at radius 3 is 2.40 bits per heavy atom. The Morgan fingerprint density at radius 1 is 1.12 bits per heavy atom. The number of hydrogen-bond donors (Lipinski definition) is 2. The Labute approximate surface area is 149 Å². The van der Waals surface area contributed by atoms with E-state index in [1.54, 1.807) is 25.1 Å². The molecular formula is C18H19ClF3NO2. The minimum absolute atomic E-state index is 0.0773. The molecule has 2 aromatic carbocycles. The van der Waals surface area contributed by atoms with Crippen LogP contribution in [-0.4, -0.2) is 17.3 Å². The fourth-order valence-electron chi connectivity index (χ4n) is 2.17. The molecule has 0 aliphatic carbocycles. The number of alkyl halides is 3. The summed E-state index contributed by atoms with van der Waals surface area (Å²) in [6, 6.07) is 9.55. The Hall–Kier alpha value is -1.76. The van der Waals surface area contributed by atoms with Crippen molar-refractivity contribution in [2.45, 2.75) is 31.5 Å². The number of hydrogen-bond acceptors (Lipinski definition) is 3. The third-order valence-corrected chi connectivity index (χ3v) is 4.10. The first kappa shape index (κ1) is 19.6. The first-order valence-corrected chi connectivity index (χ1v) is 8.02. The largest absolute Gasteiger partial charge is 0.457 e. The molecule has 1 atom stereocenters. The molecule has 3 nitrogen and oxygen atoms in total. The molecule has 3 N–H and O–H groups in total. The van der Waals surface area contributed by atoms with Gasteiger partial charge in [0, 0.05) is 10.6 Å². The highest BCUT2D eigenvalue weighted by molar-refractivity contribution is 6.31. The monoisotopic (exact) mass is 373 g/mol. The van der Waals surface area contributed by atoms with Gasteiger partial charge in [-0.05, 0) is 55.7 Å². The molecule has 136 valence electrons. The van der Waals surface area contributed by atoms with Crippen LogP contribution in [0.15, 0.2) is 42.5 Å². The van der Waals surface area contributed by atoms with E-state index in [1.165, 1.54) is 12.1 Å². The minimum atomic E-state index is -4.43. The van der Waals surface area contributed by atoms with Crippen LogP contribution in [0.1, 0.15) is 24.5 Å². The van der Waals surface area contributed by atoms with Crippen molar-refractivity contribution in [2.24, 2.45) is 5.73 Å². The topological polar surface area (TPSA) is 55.5 Å². The van der Waals surface area contributed by atoms with Crippen molar-refractivity contribution in [3.8, 4) is 11.5 Å². The fraction of sp³-hybridized carbons (Fsp3) is 0.333. The zero-order valence-electron chi connectivity index (χ0n) is 13.6. The molecule has 0 heterocycles. The molecule has 2 rings (SSSR count). The number of ether oxygens (including phenoxy) is 1. The fourth-order valence-corrected chi connectivity index (χ4v) is 2.43. The highest BCUT2D eigenvalue weighted by atomic mass is 35.5. The van der Waals surface area contributed by atoms with E-state index < -0.39 is 17.3 Å². The maximum absolute atomic E-state index is 12.7. The van der Waals surface area contributed by atoms with E-state index in [0.29, 0.717) is 23.6 Å². The summed E-state index contributed by atoms with van der Waals surface area (Å²) >= 11 is 6.21. The Bertz CT molecular complexity index is 733. The summed E-state index contributed by atoms with van der Waals surface area (Å²) in [6.07, 6.45) is -3.32. The van der Waals surface area contributed by atoms with Gasteiger partial charge in [-0.15, -0.1) is 0 Å². The molecule has 25 heavy (non-hydrogen) atoms. The van der Waals surface area contributed by atoms with Gasteiger partial charge in [-0.25, -0.2) is 0 Å². The van der Waals surface area contributed by atoms with Crippen LogP contribution in [0.5, 0.6) is 11.5 Å². The van der Waals surface area contributed by atoms with Gasteiger partial charge >= 0.3 is 6.18 Å². The molecule has 7 heteroatoms. The molecule has 0 saturated heterocycles. The Morgan fingerprint density at radius 2 is 1.80 bits per heavy atom. The molecule has 0 radical (unpaired) electrons. The maximum Gasteiger partial charge on any atom is 0.416 e. The highest BCUT2D eigenvalue weighted by Crippen LogP contribution is 2.33. The molecular weight excluding hydrogens is 355 g/mol. The maximum atomic E-state index is 12.7. The van der Waals surface area contributed by atoms with Crippen LogP contribution in [0.2, 0.25) is 5.02 Å². The van der Waals surface area contributed by atoms with E-state index in [9.17, 15) is 18.3 Å². The molecule has 0 aliphatic heterocycles. The summed E-state index contributed by atoms with van der Waals surface area (Å²) in [5.74, 6) is 0.416. The SMILES string of the molecule is C[C@](N)(CO)CCc1ccc(Oc2cccc(C(F)(F)F)c2)cc1Cl. The smallest absolute Gasteiger partial charge is 0.416 e. The lowest BCUT2D eigenvalue weighted by Gasteiger charge is -2.21. The minimum Gasteiger partial charge on any atom is -0.457 e. The van der Waals surface area contributed by atoms with E-state index in [-0.39, 0.29) is 12.4 Å². The number of halogens is 4.